The third kappa shape index (κ3) is 4.57. The Bertz CT molecular complexity index is 769. The number of pyridine rings is 1. The van der Waals surface area contributed by atoms with Crippen molar-refractivity contribution in [2.75, 3.05) is 19.7 Å². The van der Waals surface area contributed by atoms with Crippen molar-refractivity contribution in [2.24, 2.45) is 5.92 Å². The van der Waals surface area contributed by atoms with Crippen LogP contribution in [0.25, 0.3) is 0 Å². The van der Waals surface area contributed by atoms with Crippen LogP contribution in [0.2, 0.25) is 0 Å². The maximum Gasteiger partial charge on any atom is 0.256 e. The van der Waals surface area contributed by atoms with Crippen molar-refractivity contribution in [2.45, 2.75) is 19.8 Å². The molecule has 1 saturated heterocycles. The Labute approximate surface area is 155 Å². The fourth-order valence-electron chi connectivity index (χ4n) is 3.04. The molecule has 1 amide bonds. The van der Waals surface area contributed by atoms with Crippen LogP contribution in [0, 0.1) is 18.7 Å². The van der Waals surface area contributed by atoms with Gasteiger partial charge in [0.1, 0.15) is 11.6 Å². The van der Waals surface area contributed by atoms with Crippen molar-refractivity contribution in [3.05, 3.63) is 58.1 Å². The van der Waals surface area contributed by atoms with Crippen molar-refractivity contribution in [3.8, 4) is 5.75 Å². The number of amides is 1. The van der Waals surface area contributed by atoms with Crippen molar-refractivity contribution >= 4 is 21.8 Å². The highest BCUT2D eigenvalue weighted by molar-refractivity contribution is 9.10. The van der Waals surface area contributed by atoms with Crippen molar-refractivity contribution in [3.63, 3.8) is 0 Å². The summed E-state index contributed by atoms with van der Waals surface area (Å²) in [5, 5.41) is 0. The number of aryl methyl sites for hydroxylation is 1. The highest BCUT2D eigenvalue weighted by Gasteiger charge is 2.26. The summed E-state index contributed by atoms with van der Waals surface area (Å²) >= 11 is 3.21. The number of halogens is 2. The molecule has 0 spiro atoms. The number of piperidine rings is 1. The Kier molecular flexibility index (Phi) is 5.68. The summed E-state index contributed by atoms with van der Waals surface area (Å²) in [7, 11) is 0. The van der Waals surface area contributed by atoms with Crippen LogP contribution in [0.15, 0.2) is 41.0 Å². The first-order valence-electron chi connectivity index (χ1n) is 8.32. The second-order valence-electron chi connectivity index (χ2n) is 6.33. The summed E-state index contributed by atoms with van der Waals surface area (Å²) in [6.45, 7) is 3.69. The average Bonchev–Trinajstić information content (AvgIpc) is 2.60. The molecule has 1 fully saturated rings. The number of ether oxygens (including phenoxy) is 1. The highest BCUT2D eigenvalue weighted by Crippen LogP contribution is 2.22. The average molecular weight is 407 g/mol. The lowest BCUT2D eigenvalue weighted by molar-refractivity contribution is 0.0628. The summed E-state index contributed by atoms with van der Waals surface area (Å²) < 4.78 is 20.5. The second-order valence-corrected chi connectivity index (χ2v) is 7.24. The lowest BCUT2D eigenvalue weighted by Gasteiger charge is -2.32. The predicted molar refractivity (Wildman–Crippen MR) is 97.2 cm³/mol. The molecule has 0 N–H and O–H groups in total. The first kappa shape index (κ1) is 17.9. The third-order valence-electron chi connectivity index (χ3n) is 4.32. The number of hydrogen-bond donors (Lipinski definition) is 0. The standard InChI is InChI=1S/C19H20BrFN2O2/c1-13-9-16(6-7-22-13)25-12-14-3-2-8-23(11-14)19(24)17-5-4-15(20)10-18(17)21/h4-7,9-10,14H,2-3,8,11-12H2,1H3. The van der Waals surface area contributed by atoms with Crippen LogP contribution in [0.3, 0.4) is 0 Å². The fraction of sp³-hybridized carbons (Fsp3) is 0.368. The molecule has 132 valence electrons. The summed E-state index contributed by atoms with van der Waals surface area (Å²) in [6.07, 6.45) is 3.61. The molecule has 2 heterocycles. The van der Waals surface area contributed by atoms with E-state index in [1.165, 1.54) is 12.1 Å². The lowest BCUT2D eigenvalue weighted by atomic mass is 9.98. The third-order valence-corrected chi connectivity index (χ3v) is 4.81. The van der Waals surface area contributed by atoms with Gasteiger partial charge in [-0.05, 0) is 44.0 Å². The van der Waals surface area contributed by atoms with Gasteiger partial charge in [-0.15, -0.1) is 0 Å². The van der Waals surface area contributed by atoms with Gasteiger partial charge in [-0.3, -0.25) is 9.78 Å². The molecular formula is C19H20BrFN2O2. The molecule has 25 heavy (non-hydrogen) atoms. The Balaban J connectivity index is 1.61. The Morgan fingerprint density at radius 1 is 1.40 bits per heavy atom. The van der Waals surface area contributed by atoms with E-state index in [-0.39, 0.29) is 17.4 Å². The summed E-state index contributed by atoms with van der Waals surface area (Å²) in [4.78, 5) is 18.5. The van der Waals surface area contributed by atoms with Crippen molar-refractivity contribution < 1.29 is 13.9 Å². The van der Waals surface area contributed by atoms with Crippen molar-refractivity contribution in [1.82, 2.24) is 9.88 Å². The summed E-state index contributed by atoms with van der Waals surface area (Å²) in [5.41, 5.74) is 1.03. The van der Waals surface area contributed by atoms with E-state index < -0.39 is 5.82 Å². The number of nitrogens with zero attached hydrogens (tertiary/aromatic N) is 2. The van der Waals surface area contributed by atoms with E-state index >= 15 is 0 Å². The van der Waals surface area contributed by atoms with Gasteiger partial charge in [0.15, 0.2) is 0 Å². The second kappa shape index (κ2) is 7.95. The molecule has 2 aromatic rings. The molecule has 1 aliphatic heterocycles. The highest BCUT2D eigenvalue weighted by atomic mass is 79.9. The van der Waals surface area contributed by atoms with Crippen LogP contribution in [-0.4, -0.2) is 35.5 Å². The van der Waals surface area contributed by atoms with E-state index in [2.05, 4.69) is 20.9 Å². The van der Waals surface area contributed by atoms with Crippen LogP contribution in [0.4, 0.5) is 4.39 Å². The van der Waals surface area contributed by atoms with Crippen LogP contribution in [0.1, 0.15) is 28.9 Å². The van der Waals surface area contributed by atoms with Crippen LogP contribution >= 0.6 is 15.9 Å². The smallest absolute Gasteiger partial charge is 0.256 e. The van der Waals surface area contributed by atoms with E-state index in [1.54, 1.807) is 17.2 Å². The number of hydrogen-bond acceptors (Lipinski definition) is 3. The number of benzene rings is 1. The van der Waals surface area contributed by atoms with E-state index in [1.807, 2.05) is 19.1 Å². The van der Waals surface area contributed by atoms with Gasteiger partial charge in [0.05, 0.1) is 12.2 Å². The molecule has 1 atom stereocenters. The summed E-state index contributed by atoms with van der Waals surface area (Å²) in [5.74, 6) is 0.277. The van der Waals surface area contributed by atoms with Gasteiger partial charge in [-0.25, -0.2) is 4.39 Å². The molecule has 1 aromatic carbocycles. The topological polar surface area (TPSA) is 42.4 Å². The zero-order chi connectivity index (χ0) is 17.8. The number of aromatic nitrogens is 1. The molecule has 3 rings (SSSR count). The fourth-order valence-corrected chi connectivity index (χ4v) is 3.38. The SMILES string of the molecule is Cc1cc(OCC2CCCN(C(=O)c3ccc(Br)cc3F)C2)ccn1. The first-order chi connectivity index (χ1) is 12.0. The lowest BCUT2D eigenvalue weighted by Crippen LogP contribution is -2.41. The van der Waals surface area contributed by atoms with E-state index in [0.29, 0.717) is 24.2 Å². The number of carbonyl (C=O) groups is 1. The monoisotopic (exact) mass is 406 g/mol. The normalized spacial score (nSPS) is 17.4. The predicted octanol–water partition coefficient (Wildman–Crippen LogP) is 4.22. The number of carbonyl (C=O) groups excluding carboxylic acids is 1. The molecular weight excluding hydrogens is 387 g/mol. The molecule has 4 nitrogen and oxygen atoms in total. The molecule has 6 heteroatoms. The van der Waals surface area contributed by atoms with E-state index in [0.717, 1.165) is 24.3 Å². The first-order valence-corrected chi connectivity index (χ1v) is 9.12. The largest absolute Gasteiger partial charge is 0.493 e. The van der Waals surface area contributed by atoms with Gasteiger partial charge < -0.3 is 9.64 Å². The Morgan fingerprint density at radius 3 is 3.00 bits per heavy atom. The minimum atomic E-state index is -0.495. The Morgan fingerprint density at radius 2 is 2.24 bits per heavy atom. The quantitative estimate of drug-likeness (QED) is 0.762. The number of rotatable bonds is 4. The van der Waals surface area contributed by atoms with Gasteiger partial charge in [0.2, 0.25) is 0 Å². The van der Waals surface area contributed by atoms with Gasteiger partial charge >= 0.3 is 0 Å². The van der Waals surface area contributed by atoms with Crippen LogP contribution in [-0.2, 0) is 0 Å². The molecule has 1 aromatic heterocycles. The molecule has 1 unspecified atom stereocenters. The minimum Gasteiger partial charge on any atom is -0.493 e. The van der Waals surface area contributed by atoms with Crippen LogP contribution < -0.4 is 4.74 Å². The van der Waals surface area contributed by atoms with Gasteiger partial charge in [-0.1, -0.05) is 15.9 Å². The van der Waals surface area contributed by atoms with Gasteiger partial charge in [0, 0.05) is 41.4 Å². The molecule has 0 saturated carbocycles. The molecule has 0 bridgehead atoms. The van der Waals surface area contributed by atoms with Gasteiger partial charge in [0.25, 0.3) is 5.91 Å². The minimum absolute atomic E-state index is 0.120. The summed E-state index contributed by atoms with van der Waals surface area (Å²) in [6, 6.07) is 8.26. The zero-order valence-corrected chi connectivity index (χ0v) is 15.6. The maximum absolute atomic E-state index is 14.1. The van der Waals surface area contributed by atoms with E-state index in [4.69, 9.17) is 4.74 Å². The van der Waals surface area contributed by atoms with Crippen molar-refractivity contribution in [1.29, 1.82) is 0 Å². The zero-order valence-electron chi connectivity index (χ0n) is 14.0. The molecule has 0 radical (unpaired) electrons. The maximum atomic E-state index is 14.1. The molecule has 1 aliphatic rings. The molecule has 0 aliphatic carbocycles. The van der Waals surface area contributed by atoms with Gasteiger partial charge in [-0.2, -0.15) is 0 Å². The Hall–Kier alpha value is -1.95. The number of likely N-dealkylation sites (tertiary alicyclic amines) is 1. The van der Waals surface area contributed by atoms with E-state index in [9.17, 15) is 9.18 Å². The van der Waals surface area contributed by atoms with Crippen LogP contribution in [0.5, 0.6) is 5.75 Å².